The van der Waals surface area contributed by atoms with Gasteiger partial charge < -0.3 is 5.73 Å². The molecule has 2 N–H and O–H groups in total. The van der Waals surface area contributed by atoms with Crippen molar-refractivity contribution in [2.24, 2.45) is 11.1 Å². The summed E-state index contributed by atoms with van der Waals surface area (Å²) in [4.78, 5) is -0.679. The minimum atomic E-state index is -4.14. The lowest BCUT2D eigenvalue weighted by atomic mass is 9.88. The van der Waals surface area contributed by atoms with Gasteiger partial charge in [-0.2, -0.15) is 4.31 Å². The average molecular weight is 320 g/mol. The normalized spacial score (nSPS) is 14.5. The lowest BCUT2D eigenvalue weighted by molar-refractivity contribution is 0.216. The molecular weight excluding hydrogens is 298 g/mol. The van der Waals surface area contributed by atoms with Gasteiger partial charge in [0.1, 0.15) is 4.90 Å². The maximum atomic E-state index is 13.9. The molecule has 0 fully saturated rings. The summed E-state index contributed by atoms with van der Waals surface area (Å²) in [6, 6.07) is 1.59. The zero-order valence-corrected chi connectivity index (χ0v) is 13.8. The van der Waals surface area contributed by atoms with Gasteiger partial charge in [0.25, 0.3) is 0 Å². The number of hydrogen-bond acceptors (Lipinski definition) is 3. The fourth-order valence-electron chi connectivity index (χ4n) is 1.83. The molecular formula is C14H22F2N2O2S. The minimum absolute atomic E-state index is 0.0712. The molecule has 21 heavy (non-hydrogen) atoms. The highest BCUT2D eigenvalue weighted by molar-refractivity contribution is 7.89. The first-order valence-electron chi connectivity index (χ1n) is 6.59. The molecule has 0 aliphatic carbocycles. The van der Waals surface area contributed by atoms with Gasteiger partial charge in [-0.1, -0.05) is 20.8 Å². The second kappa shape index (κ2) is 5.98. The van der Waals surface area contributed by atoms with Crippen LogP contribution in [0.15, 0.2) is 17.0 Å². The maximum absolute atomic E-state index is 13.9. The van der Waals surface area contributed by atoms with Crippen LogP contribution in [0.1, 0.15) is 33.3 Å². The topological polar surface area (TPSA) is 63.4 Å². The third-order valence-electron chi connectivity index (χ3n) is 3.75. The summed E-state index contributed by atoms with van der Waals surface area (Å²) < 4.78 is 53.6. The summed E-state index contributed by atoms with van der Waals surface area (Å²) in [7, 11) is -2.79. The first-order chi connectivity index (χ1) is 9.42. The van der Waals surface area contributed by atoms with E-state index in [1.54, 1.807) is 6.92 Å². The van der Waals surface area contributed by atoms with Gasteiger partial charge in [0, 0.05) is 19.6 Å². The first kappa shape index (κ1) is 18.0. The fourth-order valence-corrected chi connectivity index (χ4v) is 3.50. The Morgan fingerprint density at radius 3 is 2.24 bits per heavy atom. The number of nitrogens with zero attached hydrogens (tertiary/aromatic N) is 1. The molecule has 7 heteroatoms. The molecule has 1 aromatic rings. The van der Waals surface area contributed by atoms with Crippen LogP contribution in [-0.2, 0) is 16.6 Å². The van der Waals surface area contributed by atoms with E-state index in [1.165, 1.54) is 7.05 Å². The number of sulfonamides is 1. The number of benzene rings is 1. The maximum Gasteiger partial charge on any atom is 0.246 e. The predicted molar refractivity (Wildman–Crippen MR) is 78.1 cm³/mol. The second-order valence-corrected chi connectivity index (χ2v) is 8.12. The molecule has 1 atom stereocenters. The van der Waals surface area contributed by atoms with E-state index in [-0.39, 0.29) is 17.5 Å². The molecule has 0 spiro atoms. The molecule has 0 amide bonds. The van der Waals surface area contributed by atoms with E-state index in [0.717, 1.165) is 16.4 Å². The zero-order chi connectivity index (χ0) is 16.6. The van der Waals surface area contributed by atoms with Crippen LogP contribution < -0.4 is 5.73 Å². The van der Waals surface area contributed by atoms with Crippen LogP contribution in [0.3, 0.4) is 0 Å². The van der Waals surface area contributed by atoms with Crippen LogP contribution in [0.2, 0.25) is 0 Å². The summed E-state index contributed by atoms with van der Waals surface area (Å²) in [5, 5.41) is 0. The van der Waals surface area contributed by atoms with E-state index in [0.29, 0.717) is 0 Å². The van der Waals surface area contributed by atoms with Crippen molar-refractivity contribution in [3.63, 3.8) is 0 Å². The summed E-state index contributed by atoms with van der Waals surface area (Å²) in [6.45, 7) is 7.27. The predicted octanol–water partition coefficient (Wildman–Crippen LogP) is 2.48. The van der Waals surface area contributed by atoms with Gasteiger partial charge in [-0.3, -0.25) is 0 Å². The number of halogens is 2. The van der Waals surface area contributed by atoms with Gasteiger partial charge in [-0.25, -0.2) is 17.2 Å². The number of hydrogen-bond donors (Lipinski definition) is 1. The van der Waals surface area contributed by atoms with Gasteiger partial charge in [0.2, 0.25) is 10.0 Å². The quantitative estimate of drug-likeness (QED) is 0.927. The molecule has 120 valence electrons. The molecule has 1 rings (SSSR count). The van der Waals surface area contributed by atoms with Crippen molar-refractivity contribution in [2.75, 3.05) is 7.05 Å². The molecule has 0 saturated heterocycles. The van der Waals surface area contributed by atoms with Gasteiger partial charge in [-0.15, -0.1) is 0 Å². The molecule has 0 aromatic heterocycles. The van der Waals surface area contributed by atoms with Crippen LogP contribution in [0.25, 0.3) is 0 Å². The molecule has 0 aliphatic rings. The highest BCUT2D eigenvalue weighted by Gasteiger charge is 2.34. The Labute approximate surface area is 125 Å². The van der Waals surface area contributed by atoms with Crippen LogP contribution in [0, 0.1) is 17.0 Å². The first-order valence-corrected chi connectivity index (χ1v) is 8.03. The monoisotopic (exact) mass is 320 g/mol. The van der Waals surface area contributed by atoms with E-state index in [9.17, 15) is 17.2 Å². The summed E-state index contributed by atoms with van der Waals surface area (Å²) in [5.41, 5.74) is 5.27. The SMILES string of the molecule is CC(N(C)S(=O)(=O)c1cc(CN)cc(F)c1F)C(C)(C)C. The Kier molecular flexibility index (Phi) is 5.13. The smallest absolute Gasteiger partial charge is 0.246 e. The van der Waals surface area contributed by atoms with Crippen LogP contribution in [-0.4, -0.2) is 25.8 Å². The summed E-state index contributed by atoms with van der Waals surface area (Å²) >= 11 is 0. The van der Waals surface area contributed by atoms with Crippen molar-refractivity contribution in [1.29, 1.82) is 0 Å². The molecule has 0 radical (unpaired) electrons. The fraction of sp³-hybridized carbons (Fsp3) is 0.571. The van der Waals surface area contributed by atoms with Crippen molar-refractivity contribution >= 4 is 10.0 Å². The molecule has 0 heterocycles. The van der Waals surface area contributed by atoms with Gasteiger partial charge in [0.05, 0.1) is 0 Å². The van der Waals surface area contributed by atoms with E-state index >= 15 is 0 Å². The van der Waals surface area contributed by atoms with Gasteiger partial charge in [0.15, 0.2) is 11.6 Å². The Bertz CT molecular complexity index is 625. The van der Waals surface area contributed by atoms with Crippen molar-refractivity contribution in [2.45, 2.75) is 45.2 Å². The second-order valence-electron chi connectivity index (χ2n) is 6.16. The van der Waals surface area contributed by atoms with Crippen molar-refractivity contribution in [3.8, 4) is 0 Å². The zero-order valence-electron chi connectivity index (χ0n) is 12.9. The van der Waals surface area contributed by atoms with Crippen molar-refractivity contribution in [3.05, 3.63) is 29.3 Å². The lowest BCUT2D eigenvalue weighted by Gasteiger charge is -2.34. The van der Waals surface area contributed by atoms with E-state index in [1.807, 2.05) is 20.8 Å². The van der Waals surface area contributed by atoms with Crippen LogP contribution in [0.5, 0.6) is 0 Å². The molecule has 0 bridgehead atoms. The Morgan fingerprint density at radius 2 is 1.81 bits per heavy atom. The Balaban J connectivity index is 3.41. The third-order valence-corrected chi connectivity index (χ3v) is 5.67. The minimum Gasteiger partial charge on any atom is -0.326 e. The Hall–Kier alpha value is -1.05. The molecule has 1 aromatic carbocycles. The highest BCUT2D eigenvalue weighted by atomic mass is 32.2. The van der Waals surface area contributed by atoms with Crippen molar-refractivity contribution < 1.29 is 17.2 Å². The van der Waals surface area contributed by atoms with Gasteiger partial charge in [-0.05, 0) is 30.0 Å². The molecule has 4 nitrogen and oxygen atoms in total. The summed E-state index contributed by atoms with van der Waals surface area (Å²) in [5.74, 6) is -2.59. The van der Waals surface area contributed by atoms with Crippen LogP contribution in [0.4, 0.5) is 8.78 Å². The molecule has 0 aliphatic heterocycles. The summed E-state index contributed by atoms with van der Waals surface area (Å²) in [6.07, 6.45) is 0. The van der Waals surface area contributed by atoms with E-state index in [4.69, 9.17) is 5.73 Å². The van der Waals surface area contributed by atoms with E-state index in [2.05, 4.69) is 0 Å². The molecule has 0 saturated carbocycles. The Morgan fingerprint density at radius 1 is 1.29 bits per heavy atom. The van der Waals surface area contributed by atoms with E-state index < -0.39 is 32.6 Å². The number of nitrogens with two attached hydrogens (primary N) is 1. The lowest BCUT2D eigenvalue weighted by Crippen LogP contribution is -2.43. The highest BCUT2D eigenvalue weighted by Crippen LogP contribution is 2.29. The molecule has 1 unspecified atom stereocenters. The van der Waals surface area contributed by atoms with Gasteiger partial charge >= 0.3 is 0 Å². The average Bonchev–Trinajstić information content (AvgIpc) is 2.38. The number of rotatable bonds is 4. The largest absolute Gasteiger partial charge is 0.326 e. The van der Waals surface area contributed by atoms with Crippen LogP contribution >= 0.6 is 0 Å². The third kappa shape index (κ3) is 3.59. The standard InChI is InChI=1S/C14H22F2N2O2S/c1-9(14(2,3)4)18(5)21(19,20)12-7-10(8-17)6-11(15)13(12)16/h6-7,9H,8,17H2,1-5H3. The van der Waals surface area contributed by atoms with Crippen molar-refractivity contribution in [1.82, 2.24) is 4.31 Å².